The Bertz CT molecular complexity index is 1470. The molecule has 4 aliphatic rings. The van der Waals surface area contributed by atoms with E-state index in [9.17, 15) is 29.7 Å². The van der Waals surface area contributed by atoms with Crippen LogP contribution in [0.3, 0.4) is 0 Å². The van der Waals surface area contributed by atoms with E-state index >= 15 is 0 Å². The second kappa shape index (κ2) is 11.9. The predicted octanol–water partition coefficient (Wildman–Crippen LogP) is 3.26. The molecule has 1 aromatic heterocycles. The highest BCUT2D eigenvalue weighted by atomic mass is 16.4. The van der Waals surface area contributed by atoms with Crippen molar-refractivity contribution < 1.29 is 29.7 Å². The summed E-state index contributed by atoms with van der Waals surface area (Å²) in [6.45, 7) is 12.2. The lowest BCUT2D eigenvalue weighted by Gasteiger charge is -2.26. The van der Waals surface area contributed by atoms with Gasteiger partial charge in [-0.25, -0.2) is 4.99 Å². The molecule has 0 aliphatic carbocycles. The van der Waals surface area contributed by atoms with E-state index in [0.29, 0.717) is 38.0 Å². The molecule has 1 amide bonds. The maximum Gasteiger partial charge on any atom is 0.303 e. The molecule has 5 heterocycles. The largest absolute Gasteiger partial charge is 0.481 e. The van der Waals surface area contributed by atoms with E-state index in [2.05, 4.69) is 46.7 Å². The number of H-pyrrole nitrogens is 1. The smallest absolute Gasteiger partial charge is 0.303 e. The molecule has 1 aromatic rings. The lowest BCUT2D eigenvalue weighted by molar-refractivity contribution is -0.138. The Morgan fingerprint density at radius 3 is 2.32 bits per heavy atom. The zero-order valence-corrected chi connectivity index (χ0v) is 26.7. The number of amides is 1. The number of aliphatic carboxylic acids is 2. The first-order valence-corrected chi connectivity index (χ1v) is 15.9. The molecule has 0 unspecified atom stereocenters. The van der Waals surface area contributed by atoms with Crippen molar-refractivity contribution in [2.45, 2.75) is 123 Å². The number of aliphatic imine (C=N–C) groups is 1. The minimum Gasteiger partial charge on any atom is -0.481 e. The van der Waals surface area contributed by atoms with Gasteiger partial charge in [0, 0.05) is 60.8 Å². The number of carbonyl (C=O) groups excluding carboxylic acids is 1. The van der Waals surface area contributed by atoms with E-state index in [0.717, 1.165) is 63.5 Å². The predicted molar refractivity (Wildman–Crippen MR) is 166 cm³/mol. The van der Waals surface area contributed by atoms with Crippen LogP contribution in [-0.2, 0) is 33.6 Å². The second-order valence-corrected chi connectivity index (χ2v) is 13.2. The average molecular weight is 610 g/mol. The van der Waals surface area contributed by atoms with Gasteiger partial charge < -0.3 is 25.6 Å². The average Bonchev–Trinajstić information content (AvgIpc) is 3.14. The summed E-state index contributed by atoms with van der Waals surface area (Å²) in [7, 11) is 0. The van der Waals surface area contributed by atoms with E-state index in [-0.39, 0.29) is 30.7 Å². The minimum absolute atomic E-state index is 0.00295. The van der Waals surface area contributed by atoms with Crippen molar-refractivity contribution >= 4 is 23.6 Å². The van der Waals surface area contributed by atoms with Crippen molar-refractivity contribution in [3.8, 4) is 0 Å². The second-order valence-electron chi connectivity index (χ2n) is 13.2. The highest BCUT2D eigenvalue weighted by Gasteiger charge is 2.71. The third kappa shape index (κ3) is 5.54. The number of aliphatic hydroxyl groups is 1. The standard InChI is InChI=1S/C33H47N5O6/c1-7-19-18(5)30(43)36-27(19)15-33-32(6,38-33)22(10-12-29(41)42)26(37-33)14-25-21(9-11-28(39)40)17(4)23(34-25)13-24-16(3)20(8-2)31(44)35-24/h18-19,27,30,34,36-38,43H,7-15H2,1-6H3,(H,39,40)(H,41,42)/t18-,19-,27+,30+,32-,33-/m1/s1. The Morgan fingerprint density at radius 1 is 1.02 bits per heavy atom. The van der Waals surface area contributed by atoms with Crippen molar-refractivity contribution in [3.63, 3.8) is 0 Å². The summed E-state index contributed by atoms with van der Waals surface area (Å²) < 4.78 is 0. The Labute approximate surface area is 258 Å². The van der Waals surface area contributed by atoms with Crippen LogP contribution in [0.5, 0.6) is 0 Å². The third-order valence-corrected chi connectivity index (χ3v) is 10.8. The van der Waals surface area contributed by atoms with Crippen LogP contribution >= 0.6 is 0 Å². The van der Waals surface area contributed by atoms with Crippen molar-refractivity contribution in [2.24, 2.45) is 16.8 Å². The molecule has 11 nitrogen and oxygen atoms in total. The summed E-state index contributed by atoms with van der Waals surface area (Å²) in [4.78, 5) is 43.6. The molecule has 7 N–H and O–H groups in total. The number of hydrogen-bond donors (Lipinski definition) is 7. The molecule has 0 aromatic carbocycles. The molecule has 0 spiro atoms. The molecule has 2 saturated heterocycles. The normalized spacial score (nSPS) is 31.1. The van der Waals surface area contributed by atoms with Crippen molar-refractivity contribution in [1.29, 1.82) is 0 Å². The summed E-state index contributed by atoms with van der Waals surface area (Å²) in [6.07, 6.45) is 3.37. The first-order valence-electron chi connectivity index (χ1n) is 15.9. The molecular weight excluding hydrogens is 562 g/mol. The SMILES string of the molecule is CCC1=C(C)C(Cc2[nH]c(CC3=C(CCC(=O)O)[C@@]4(C)N[C@@]4(C[C@@H]4N[C@@H](O)[C@H](C)[C@H]4CC)N3)c(CCC(=O)O)c2C)=NC1=O. The summed E-state index contributed by atoms with van der Waals surface area (Å²) in [5, 5.41) is 40.4. The van der Waals surface area contributed by atoms with Crippen LogP contribution in [-0.4, -0.2) is 67.3 Å². The maximum absolute atomic E-state index is 12.4. The lowest BCUT2D eigenvalue weighted by Crippen LogP contribution is -2.44. The summed E-state index contributed by atoms with van der Waals surface area (Å²) in [5.74, 6) is -1.48. The fraction of sp³-hybridized carbons (Fsp3) is 0.636. The van der Waals surface area contributed by atoms with Crippen LogP contribution in [0.15, 0.2) is 27.4 Å². The number of nitrogens with one attached hydrogen (secondary N) is 4. The van der Waals surface area contributed by atoms with Gasteiger partial charge in [0.1, 0.15) is 11.9 Å². The zero-order chi connectivity index (χ0) is 32.1. The number of carbonyl (C=O) groups is 3. The Hall–Kier alpha value is -3.28. The number of allylic oxidation sites excluding steroid dienone is 2. The number of nitrogens with zero attached hydrogens (tertiary/aromatic N) is 1. The van der Waals surface area contributed by atoms with E-state index in [1.807, 2.05) is 20.8 Å². The Morgan fingerprint density at radius 2 is 1.70 bits per heavy atom. The molecule has 2 fully saturated rings. The molecule has 6 atom stereocenters. The number of aromatic amines is 1. The molecule has 44 heavy (non-hydrogen) atoms. The van der Waals surface area contributed by atoms with Crippen LogP contribution in [0.2, 0.25) is 0 Å². The highest BCUT2D eigenvalue weighted by molar-refractivity contribution is 6.19. The van der Waals surface area contributed by atoms with Gasteiger partial charge in [-0.05, 0) is 74.1 Å². The van der Waals surface area contributed by atoms with Crippen LogP contribution < -0.4 is 16.0 Å². The van der Waals surface area contributed by atoms with Gasteiger partial charge >= 0.3 is 11.9 Å². The van der Waals surface area contributed by atoms with E-state index in [1.54, 1.807) is 0 Å². The summed E-state index contributed by atoms with van der Waals surface area (Å²) in [5.41, 5.74) is 7.15. The monoisotopic (exact) mass is 609 g/mol. The molecular formula is C33H47N5O6. The topological polar surface area (TPSA) is 186 Å². The van der Waals surface area contributed by atoms with Crippen molar-refractivity contribution in [3.05, 3.63) is 44.9 Å². The zero-order valence-electron chi connectivity index (χ0n) is 26.7. The molecule has 0 saturated carbocycles. The van der Waals surface area contributed by atoms with E-state index in [1.165, 1.54) is 0 Å². The molecule has 11 heteroatoms. The molecule has 5 rings (SSSR count). The number of hydrogen-bond acceptors (Lipinski definition) is 7. The van der Waals surface area contributed by atoms with Crippen LogP contribution in [0, 0.1) is 18.8 Å². The minimum atomic E-state index is -0.876. The van der Waals surface area contributed by atoms with Crippen LogP contribution in [0.25, 0.3) is 0 Å². The van der Waals surface area contributed by atoms with Gasteiger partial charge in [-0.15, -0.1) is 0 Å². The first kappa shape index (κ1) is 32.1. The summed E-state index contributed by atoms with van der Waals surface area (Å²) >= 11 is 0. The van der Waals surface area contributed by atoms with Gasteiger partial charge in [0.25, 0.3) is 5.91 Å². The molecule has 4 aliphatic heterocycles. The number of aliphatic hydroxyl groups excluding tert-OH is 1. The van der Waals surface area contributed by atoms with Gasteiger partial charge in [0.2, 0.25) is 0 Å². The number of carboxylic acids is 2. The van der Waals surface area contributed by atoms with Crippen molar-refractivity contribution in [1.82, 2.24) is 20.9 Å². The maximum atomic E-state index is 12.4. The quantitative estimate of drug-likeness (QED) is 0.155. The Balaban J connectivity index is 1.46. The first-order chi connectivity index (χ1) is 20.7. The molecule has 0 bridgehead atoms. The van der Waals surface area contributed by atoms with E-state index in [4.69, 9.17) is 0 Å². The summed E-state index contributed by atoms with van der Waals surface area (Å²) in [6, 6.07) is 0.0940. The molecule has 240 valence electrons. The number of rotatable bonds is 14. The van der Waals surface area contributed by atoms with Gasteiger partial charge in [0.05, 0.1) is 11.3 Å². The third-order valence-electron chi connectivity index (χ3n) is 10.8. The number of aromatic nitrogens is 1. The van der Waals surface area contributed by atoms with Crippen molar-refractivity contribution in [2.75, 3.05) is 0 Å². The lowest BCUT2D eigenvalue weighted by atomic mass is 9.83. The van der Waals surface area contributed by atoms with E-state index < -0.39 is 29.4 Å². The number of fused-ring (bicyclic) bond motifs is 1. The van der Waals surface area contributed by atoms with Gasteiger partial charge in [-0.3, -0.25) is 25.0 Å². The Kier molecular flexibility index (Phi) is 8.69. The fourth-order valence-electron chi connectivity index (χ4n) is 8.10. The number of carboxylic acid groups (broad SMARTS) is 2. The van der Waals surface area contributed by atoms with Gasteiger partial charge in [-0.2, -0.15) is 0 Å². The molecule has 0 radical (unpaired) electrons. The van der Waals surface area contributed by atoms with Crippen LogP contribution in [0.4, 0.5) is 0 Å². The van der Waals surface area contributed by atoms with Gasteiger partial charge in [-0.1, -0.05) is 27.2 Å². The van der Waals surface area contributed by atoms with Gasteiger partial charge in [0.15, 0.2) is 0 Å². The van der Waals surface area contributed by atoms with Crippen LogP contribution in [0.1, 0.15) is 95.7 Å². The highest BCUT2D eigenvalue weighted by Crippen LogP contribution is 2.54. The fourth-order valence-corrected chi connectivity index (χ4v) is 8.10.